The molecule has 2 N–H and O–H groups in total. The molecule has 3 rings (SSSR count). The molecule has 3 nitrogen and oxygen atoms in total. The topological polar surface area (TPSA) is 53.1 Å². The minimum atomic E-state index is -0.124. The highest BCUT2D eigenvalue weighted by Gasteiger charge is 2.12. The van der Waals surface area contributed by atoms with Gasteiger partial charge in [0, 0.05) is 22.4 Å². The highest BCUT2D eigenvalue weighted by Crippen LogP contribution is 2.27. The van der Waals surface area contributed by atoms with Crippen molar-refractivity contribution in [3.05, 3.63) is 74.5 Å². The summed E-state index contributed by atoms with van der Waals surface area (Å²) >= 11 is 5.88. The maximum atomic E-state index is 12.3. The van der Waals surface area contributed by atoms with E-state index in [1.54, 1.807) is 30.3 Å². The first-order chi connectivity index (χ1) is 10.1. The van der Waals surface area contributed by atoms with E-state index in [0.717, 1.165) is 11.1 Å². The average molecular weight is 300 g/mol. The zero-order valence-corrected chi connectivity index (χ0v) is 12.2. The Kier molecular flexibility index (Phi) is 3.43. The minimum Gasteiger partial charge on any atom is -0.507 e. The van der Waals surface area contributed by atoms with Gasteiger partial charge < -0.3 is 10.1 Å². The van der Waals surface area contributed by atoms with Crippen LogP contribution in [0.5, 0.6) is 5.75 Å². The molecule has 0 amide bonds. The number of aromatic amines is 1. The fourth-order valence-corrected chi connectivity index (χ4v) is 2.70. The number of phenolic OH excluding ortho intramolecular Hbond substituents is 1. The Hall–Kier alpha value is -2.26. The number of hydrogen-bond acceptors (Lipinski definition) is 2. The van der Waals surface area contributed by atoms with Crippen molar-refractivity contribution in [1.29, 1.82) is 0 Å². The molecular weight excluding hydrogens is 286 g/mol. The molecule has 0 atom stereocenters. The third-order valence-electron chi connectivity index (χ3n) is 3.69. The van der Waals surface area contributed by atoms with E-state index in [0.29, 0.717) is 27.9 Å². The second-order valence-electron chi connectivity index (χ2n) is 5.06. The van der Waals surface area contributed by atoms with Crippen molar-refractivity contribution in [2.24, 2.45) is 0 Å². The number of pyridine rings is 1. The van der Waals surface area contributed by atoms with Crippen LogP contribution in [0.2, 0.25) is 5.02 Å². The Morgan fingerprint density at radius 3 is 2.57 bits per heavy atom. The second-order valence-corrected chi connectivity index (χ2v) is 5.50. The molecule has 0 spiro atoms. The SMILES string of the molecule is Cc1c(Cc2ccc(Cl)cc2)c(=O)[nH]c2cccc(O)c12. The van der Waals surface area contributed by atoms with Gasteiger partial charge in [0.2, 0.25) is 0 Å². The summed E-state index contributed by atoms with van der Waals surface area (Å²) in [6, 6.07) is 12.5. The van der Waals surface area contributed by atoms with E-state index in [1.165, 1.54) is 0 Å². The summed E-state index contributed by atoms with van der Waals surface area (Å²) in [4.78, 5) is 15.1. The van der Waals surface area contributed by atoms with Crippen LogP contribution in [0.15, 0.2) is 47.3 Å². The van der Waals surface area contributed by atoms with Gasteiger partial charge in [-0.05, 0) is 42.3 Å². The predicted molar refractivity (Wildman–Crippen MR) is 85.2 cm³/mol. The first-order valence-corrected chi connectivity index (χ1v) is 7.02. The number of aromatic nitrogens is 1. The van der Waals surface area contributed by atoms with Crippen LogP contribution >= 0.6 is 11.6 Å². The van der Waals surface area contributed by atoms with Crippen molar-refractivity contribution >= 4 is 22.5 Å². The Bertz CT molecular complexity index is 866. The molecule has 0 aliphatic rings. The lowest BCUT2D eigenvalue weighted by atomic mass is 9.98. The molecule has 106 valence electrons. The van der Waals surface area contributed by atoms with Crippen LogP contribution in [0.25, 0.3) is 10.9 Å². The summed E-state index contributed by atoms with van der Waals surface area (Å²) in [5.74, 6) is 0.179. The summed E-state index contributed by atoms with van der Waals surface area (Å²) in [5, 5.41) is 11.4. The molecule has 0 fully saturated rings. The van der Waals surface area contributed by atoms with Crippen molar-refractivity contribution in [3.63, 3.8) is 0 Å². The summed E-state index contributed by atoms with van der Waals surface area (Å²) in [5.41, 5.74) is 2.99. The van der Waals surface area contributed by atoms with Gasteiger partial charge in [0.25, 0.3) is 5.56 Å². The molecule has 3 aromatic rings. The number of aromatic hydroxyl groups is 1. The van der Waals surface area contributed by atoms with Gasteiger partial charge in [0.05, 0.1) is 5.52 Å². The lowest BCUT2D eigenvalue weighted by molar-refractivity contribution is 0.481. The molecule has 0 aliphatic carbocycles. The summed E-state index contributed by atoms with van der Waals surface area (Å²) in [6.45, 7) is 1.86. The average Bonchev–Trinajstić information content (AvgIpc) is 2.45. The standard InChI is InChI=1S/C17H14ClNO2/c1-10-13(9-11-5-7-12(18)8-6-11)17(21)19-14-3-2-4-15(20)16(10)14/h2-8,20H,9H2,1H3,(H,19,21). The fourth-order valence-electron chi connectivity index (χ4n) is 2.58. The van der Waals surface area contributed by atoms with Crippen molar-refractivity contribution in [2.75, 3.05) is 0 Å². The van der Waals surface area contributed by atoms with E-state index >= 15 is 0 Å². The van der Waals surface area contributed by atoms with Gasteiger partial charge in [0.1, 0.15) is 5.75 Å². The Morgan fingerprint density at radius 1 is 1.14 bits per heavy atom. The predicted octanol–water partition coefficient (Wildman–Crippen LogP) is 3.79. The monoisotopic (exact) mass is 299 g/mol. The largest absolute Gasteiger partial charge is 0.507 e. The zero-order valence-electron chi connectivity index (χ0n) is 11.5. The van der Waals surface area contributed by atoms with Crippen molar-refractivity contribution < 1.29 is 5.11 Å². The van der Waals surface area contributed by atoms with E-state index in [9.17, 15) is 9.90 Å². The van der Waals surface area contributed by atoms with Crippen molar-refractivity contribution in [3.8, 4) is 5.75 Å². The molecule has 0 saturated carbocycles. The minimum absolute atomic E-state index is 0.124. The smallest absolute Gasteiger partial charge is 0.252 e. The van der Waals surface area contributed by atoms with Gasteiger partial charge in [-0.15, -0.1) is 0 Å². The number of benzene rings is 2. The molecule has 4 heteroatoms. The van der Waals surface area contributed by atoms with Crippen LogP contribution in [0.3, 0.4) is 0 Å². The molecule has 0 radical (unpaired) electrons. The van der Waals surface area contributed by atoms with Gasteiger partial charge in [-0.25, -0.2) is 0 Å². The third kappa shape index (κ3) is 2.52. The Labute approximate surface area is 126 Å². The zero-order chi connectivity index (χ0) is 15.0. The molecule has 1 aromatic heterocycles. The van der Waals surface area contributed by atoms with Gasteiger partial charge in [-0.1, -0.05) is 29.8 Å². The lowest BCUT2D eigenvalue weighted by Gasteiger charge is -2.10. The van der Waals surface area contributed by atoms with Gasteiger partial charge in [-0.2, -0.15) is 0 Å². The van der Waals surface area contributed by atoms with Crippen molar-refractivity contribution in [1.82, 2.24) is 4.98 Å². The number of rotatable bonds is 2. The molecule has 0 saturated heterocycles. The number of nitrogens with one attached hydrogen (secondary N) is 1. The van der Waals surface area contributed by atoms with E-state index in [-0.39, 0.29) is 11.3 Å². The van der Waals surface area contributed by atoms with E-state index in [2.05, 4.69) is 4.98 Å². The van der Waals surface area contributed by atoms with Crippen LogP contribution in [-0.4, -0.2) is 10.1 Å². The molecule has 0 unspecified atom stereocenters. The number of fused-ring (bicyclic) bond motifs is 1. The quantitative estimate of drug-likeness (QED) is 0.756. The summed E-state index contributed by atoms with van der Waals surface area (Å²) < 4.78 is 0. The first-order valence-electron chi connectivity index (χ1n) is 6.64. The molecule has 21 heavy (non-hydrogen) atoms. The molecule has 0 bridgehead atoms. The molecule has 1 heterocycles. The maximum absolute atomic E-state index is 12.3. The fraction of sp³-hybridized carbons (Fsp3) is 0.118. The number of phenols is 1. The molecule has 0 aliphatic heterocycles. The van der Waals surface area contributed by atoms with E-state index in [1.807, 2.05) is 19.1 Å². The van der Waals surface area contributed by atoms with Gasteiger partial charge in [-0.3, -0.25) is 4.79 Å². The highest BCUT2D eigenvalue weighted by atomic mass is 35.5. The maximum Gasteiger partial charge on any atom is 0.252 e. The van der Waals surface area contributed by atoms with Gasteiger partial charge in [0.15, 0.2) is 0 Å². The number of H-pyrrole nitrogens is 1. The lowest BCUT2D eigenvalue weighted by Crippen LogP contribution is -2.15. The van der Waals surface area contributed by atoms with Crippen LogP contribution in [0, 0.1) is 6.92 Å². The van der Waals surface area contributed by atoms with Crippen LogP contribution < -0.4 is 5.56 Å². The van der Waals surface area contributed by atoms with E-state index in [4.69, 9.17) is 11.6 Å². The summed E-state index contributed by atoms with van der Waals surface area (Å²) in [7, 11) is 0. The first kappa shape index (κ1) is 13.7. The van der Waals surface area contributed by atoms with E-state index < -0.39 is 0 Å². The van der Waals surface area contributed by atoms with Crippen LogP contribution in [0.1, 0.15) is 16.7 Å². The Morgan fingerprint density at radius 2 is 1.86 bits per heavy atom. The Balaban J connectivity index is 2.16. The third-order valence-corrected chi connectivity index (χ3v) is 3.94. The van der Waals surface area contributed by atoms with Crippen LogP contribution in [0.4, 0.5) is 0 Å². The number of hydrogen-bond donors (Lipinski definition) is 2. The molecule has 2 aromatic carbocycles. The second kappa shape index (κ2) is 5.26. The van der Waals surface area contributed by atoms with Crippen LogP contribution in [-0.2, 0) is 6.42 Å². The highest BCUT2D eigenvalue weighted by molar-refractivity contribution is 6.30. The number of halogens is 1. The summed E-state index contributed by atoms with van der Waals surface area (Å²) in [6.07, 6.45) is 0.503. The van der Waals surface area contributed by atoms with Crippen molar-refractivity contribution in [2.45, 2.75) is 13.3 Å². The number of aryl methyl sites for hydroxylation is 1. The molecular formula is C17H14ClNO2. The normalized spacial score (nSPS) is 11.0. The van der Waals surface area contributed by atoms with Gasteiger partial charge >= 0.3 is 0 Å².